The number of primary amides is 1. The van der Waals surface area contributed by atoms with Gasteiger partial charge in [-0.2, -0.15) is 0 Å². The highest BCUT2D eigenvalue weighted by molar-refractivity contribution is 5.85. The first kappa shape index (κ1) is 15.7. The fraction of sp³-hybridized carbons (Fsp3) is 0.933. The summed E-state index contributed by atoms with van der Waals surface area (Å²) in [4.78, 5) is 16.4. The molecule has 2 atom stereocenters. The largest absolute Gasteiger partial charge is 0.368 e. The predicted molar refractivity (Wildman–Crippen MR) is 81.2 cm³/mol. The molecule has 0 aromatic heterocycles. The average Bonchev–Trinajstić information content (AvgIpc) is 2.79. The van der Waals surface area contributed by atoms with Crippen LogP contribution in [0.15, 0.2) is 0 Å². The van der Waals surface area contributed by atoms with Crippen LogP contribution in [0.25, 0.3) is 0 Å². The van der Waals surface area contributed by atoms with E-state index in [4.69, 9.17) is 11.5 Å². The molecule has 0 radical (unpaired) electrons. The summed E-state index contributed by atoms with van der Waals surface area (Å²) < 4.78 is 0. The Hall–Kier alpha value is -0.650. The molecule has 1 heterocycles. The summed E-state index contributed by atoms with van der Waals surface area (Å²) in [6.07, 6.45) is 6.29. The molecule has 4 N–H and O–H groups in total. The SMILES string of the molecule is CN1CCC(N(C)CCC2CCCC2(N)C(N)=O)CC1. The van der Waals surface area contributed by atoms with E-state index >= 15 is 0 Å². The van der Waals surface area contributed by atoms with E-state index in [0.717, 1.165) is 32.2 Å². The van der Waals surface area contributed by atoms with Crippen molar-refractivity contribution in [3.63, 3.8) is 0 Å². The van der Waals surface area contributed by atoms with Gasteiger partial charge in [-0.25, -0.2) is 0 Å². The van der Waals surface area contributed by atoms with Crippen LogP contribution in [0.2, 0.25) is 0 Å². The number of hydrogen-bond donors (Lipinski definition) is 2. The molecule has 1 aliphatic heterocycles. The number of piperidine rings is 1. The van der Waals surface area contributed by atoms with Crippen LogP contribution in [0.1, 0.15) is 38.5 Å². The highest BCUT2D eigenvalue weighted by atomic mass is 16.1. The summed E-state index contributed by atoms with van der Waals surface area (Å²) in [5, 5.41) is 0. The quantitative estimate of drug-likeness (QED) is 0.764. The van der Waals surface area contributed by atoms with E-state index in [1.54, 1.807) is 0 Å². The summed E-state index contributed by atoms with van der Waals surface area (Å²) in [5.41, 5.74) is 11.0. The Bertz CT molecular complexity index is 341. The Labute approximate surface area is 122 Å². The Morgan fingerprint density at radius 2 is 2.00 bits per heavy atom. The van der Waals surface area contributed by atoms with Gasteiger partial charge in [-0.3, -0.25) is 4.79 Å². The molecule has 20 heavy (non-hydrogen) atoms. The number of nitrogens with zero attached hydrogens (tertiary/aromatic N) is 2. The monoisotopic (exact) mass is 282 g/mol. The molecule has 2 aliphatic rings. The third kappa shape index (κ3) is 3.32. The molecule has 0 spiro atoms. The standard InChI is InChI=1S/C15H30N4O/c1-18-9-6-13(7-10-18)19(2)11-5-12-4-3-8-15(12,17)14(16)20/h12-13H,3-11,17H2,1-2H3,(H2,16,20). The minimum atomic E-state index is -0.756. The lowest BCUT2D eigenvalue weighted by molar-refractivity contribution is -0.124. The minimum Gasteiger partial charge on any atom is -0.368 e. The van der Waals surface area contributed by atoms with Crippen LogP contribution in [0, 0.1) is 5.92 Å². The van der Waals surface area contributed by atoms with Gasteiger partial charge in [-0.1, -0.05) is 6.42 Å². The Kier molecular flexibility index (Phi) is 5.04. The van der Waals surface area contributed by atoms with Gasteiger partial charge in [0.15, 0.2) is 0 Å². The molecule has 1 amide bonds. The zero-order valence-corrected chi connectivity index (χ0v) is 13.0. The lowest BCUT2D eigenvalue weighted by Gasteiger charge is -2.36. The maximum atomic E-state index is 11.6. The van der Waals surface area contributed by atoms with E-state index in [9.17, 15) is 4.79 Å². The van der Waals surface area contributed by atoms with E-state index in [1.807, 2.05) is 0 Å². The van der Waals surface area contributed by atoms with Crippen LogP contribution in [-0.4, -0.2) is 61.0 Å². The second kappa shape index (κ2) is 6.41. The van der Waals surface area contributed by atoms with Crippen molar-refractivity contribution >= 4 is 5.91 Å². The number of rotatable bonds is 5. The number of amides is 1. The Morgan fingerprint density at radius 3 is 2.60 bits per heavy atom. The zero-order chi connectivity index (χ0) is 14.8. The first-order chi connectivity index (χ1) is 9.43. The molecule has 2 rings (SSSR count). The van der Waals surface area contributed by atoms with Gasteiger partial charge in [0.05, 0.1) is 5.54 Å². The van der Waals surface area contributed by atoms with Gasteiger partial charge in [-0.15, -0.1) is 0 Å². The van der Waals surface area contributed by atoms with Crippen molar-refractivity contribution in [2.45, 2.75) is 50.1 Å². The number of nitrogens with two attached hydrogens (primary N) is 2. The lowest BCUT2D eigenvalue weighted by atomic mass is 9.84. The normalized spacial score (nSPS) is 32.9. The topological polar surface area (TPSA) is 75.6 Å². The van der Waals surface area contributed by atoms with Crippen molar-refractivity contribution < 1.29 is 4.79 Å². The van der Waals surface area contributed by atoms with E-state index in [-0.39, 0.29) is 11.8 Å². The number of carbonyl (C=O) groups is 1. The first-order valence-corrected chi connectivity index (χ1v) is 7.91. The smallest absolute Gasteiger partial charge is 0.237 e. The van der Waals surface area contributed by atoms with E-state index < -0.39 is 5.54 Å². The summed E-state index contributed by atoms with van der Waals surface area (Å²) >= 11 is 0. The molecule has 1 saturated carbocycles. The molecule has 0 aromatic carbocycles. The predicted octanol–water partition coefficient (Wildman–Crippen LogP) is 0.385. The molecule has 2 unspecified atom stereocenters. The van der Waals surface area contributed by atoms with Crippen LogP contribution in [-0.2, 0) is 4.79 Å². The molecule has 5 nitrogen and oxygen atoms in total. The van der Waals surface area contributed by atoms with Gasteiger partial charge in [0.2, 0.25) is 5.91 Å². The number of hydrogen-bond acceptors (Lipinski definition) is 4. The zero-order valence-electron chi connectivity index (χ0n) is 13.0. The van der Waals surface area contributed by atoms with Crippen LogP contribution in [0.5, 0.6) is 0 Å². The minimum absolute atomic E-state index is 0.258. The third-order valence-electron chi connectivity index (χ3n) is 5.47. The van der Waals surface area contributed by atoms with Crippen molar-refractivity contribution in [3.05, 3.63) is 0 Å². The average molecular weight is 282 g/mol. The highest BCUT2D eigenvalue weighted by Gasteiger charge is 2.44. The summed E-state index contributed by atoms with van der Waals surface area (Å²) in [7, 11) is 4.39. The maximum Gasteiger partial charge on any atom is 0.237 e. The van der Waals surface area contributed by atoms with Gasteiger partial charge in [0.25, 0.3) is 0 Å². The second-order valence-corrected chi connectivity index (χ2v) is 6.80. The van der Waals surface area contributed by atoms with Crippen molar-refractivity contribution in [1.82, 2.24) is 9.80 Å². The van der Waals surface area contributed by atoms with Crippen LogP contribution < -0.4 is 11.5 Å². The summed E-state index contributed by atoms with van der Waals surface area (Å²) in [6, 6.07) is 0.674. The van der Waals surface area contributed by atoms with E-state index in [2.05, 4.69) is 23.9 Å². The highest BCUT2D eigenvalue weighted by Crippen LogP contribution is 2.36. The van der Waals surface area contributed by atoms with Crippen molar-refractivity contribution in [2.24, 2.45) is 17.4 Å². The third-order valence-corrected chi connectivity index (χ3v) is 5.47. The van der Waals surface area contributed by atoms with Crippen LogP contribution in [0.3, 0.4) is 0 Å². The summed E-state index contributed by atoms with van der Waals surface area (Å²) in [6.45, 7) is 3.38. The van der Waals surface area contributed by atoms with Gasteiger partial charge in [0, 0.05) is 6.04 Å². The molecule has 1 saturated heterocycles. The molecule has 0 aromatic rings. The fourth-order valence-electron chi connectivity index (χ4n) is 3.81. The van der Waals surface area contributed by atoms with E-state index in [0.29, 0.717) is 6.04 Å². The maximum absolute atomic E-state index is 11.6. The van der Waals surface area contributed by atoms with Crippen LogP contribution >= 0.6 is 0 Å². The molecular formula is C15H30N4O. The molecule has 5 heteroatoms. The molecule has 116 valence electrons. The molecule has 0 bridgehead atoms. The van der Waals surface area contributed by atoms with Gasteiger partial charge in [-0.05, 0) is 71.8 Å². The first-order valence-electron chi connectivity index (χ1n) is 7.91. The number of carbonyl (C=O) groups excluding carboxylic acids is 1. The lowest BCUT2D eigenvalue weighted by Crippen LogP contribution is -2.55. The van der Waals surface area contributed by atoms with Crippen LogP contribution in [0.4, 0.5) is 0 Å². The Balaban J connectivity index is 1.81. The Morgan fingerprint density at radius 1 is 1.35 bits per heavy atom. The number of likely N-dealkylation sites (tertiary alicyclic amines) is 1. The van der Waals surface area contributed by atoms with Gasteiger partial charge in [0.1, 0.15) is 0 Å². The molecule has 2 fully saturated rings. The van der Waals surface area contributed by atoms with Crippen molar-refractivity contribution in [2.75, 3.05) is 33.7 Å². The fourth-order valence-corrected chi connectivity index (χ4v) is 3.81. The van der Waals surface area contributed by atoms with Crippen molar-refractivity contribution in [1.29, 1.82) is 0 Å². The second-order valence-electron chi connectivity index (χ2n) is 6.80. The molecule has 1 aliphatic carbocycles. The van der Waals surface area contributed by atoms with Gasteiger partial charge < -0.3 is 21.3 Å². The van der Waals surface area contributed by atoms with Gasteiger partial charge >= 0.3 is 0 Å². The summed E-state index contributed by atoms with van der Waals surface area (Å²) in [5.74, 6) is -0.0596. The van der Waals surface area contributed by atoms with E-state index in [1.165, 1.54) is 25.9 Å². The van der Waals surface area contributed by atoms with Crippen molar-refractivity contribution in [3.8, 4) is 0 Å². The molecular weight excluding hydrogens is 252 g/mol.